The van der Waals surface area contributed by atoms with Crippen LogP contribution in [0.15, 0.2) is 12.1 Å². The molecule has 0 spiro atoms. The van der Waals surface area contributed by atoms with E-state index in [1.165, 1.54) is 0 Å². The molecule has 0 aliphatic heterocycles. The minimum absolute atomic E-state index is 0. The molecule has 0 aromatic heterocycles. The second kappa shape index (κ2) is 5.50. The average Bonchev–Trinajstić information content (AvgIpc) is 2.20. The number of phenolic OH excluding ortho intramolecular Hbond substituents is 2. The number of aromatic hydroxyl groups is 2. The molecular formula is C8H12ClN3O4. The van der Waals surface area contributed by atoms with Gasteiger partial charge in [-0.2, -0.15) is 0 Å². The number of hydrogen-bond acceptors (Lipinski definition) is 6. The van der Waals surface area contributed by atoms with Crippen molar-refractivity contribution in [3.63, 3.8) is 0 Å². The zero-order chi connectivity index (χ0) is 11.6. The number of nitrogens with zero attached hydrogens (tertiary/aromatic N) is 1. The molecule has 0 bridgehead atoms. The van der Waals surface area contributed by atoms with E-state index >= 15 is 0 Å². The SMILES string of the molecule is Cl.NC[C@@H](N)c1cc(O)c(O)c([N+](=O)[O-])c1. The van der Waals surface area contributed by atoms with Gasteiger partial charge in [-0.3, -0.25) is 10.1 Å². The summed E-state index contributed by atoms with van der Waals surface area (Å²) >= 11 is 0. The normalized spacial score (nSPS) is 11.6. The van der Waals surface area contributed by atoms with Crippen molar-refractivity contribution in [1.82, 2.24) is 0 Å². The number of nitro groups is 1. The number of hydrogen-bond donors (Lipinski definition) is 4. The Morgan fingerprint density at radius 3 is 2.44 bits per heavy atom. The third-order valence-corrected chi connectivity index (χ3v) is 1.97. The fourth-order valence-electron chi connectivity index (χ4n) is 1.11. The largest absolute Gasteiger partial charge is 0.504 e. The minimum atomic E-state index is -0.804. The number of nitro benzene ring substituents is 1. The first-order chi connectivity index (χ1) is 6.97. The Morgan fingerprint density at radius 2 is 2.00 bits per heavy atom. The molecule has 0 saturated heterocycles. The van der Waals surface area contributed by atoms with Gasteiger partial charge in [-0.25, -0.2) is 0 Å². The van der Waals surface area contributed by atoms with Gasteiger partial charge in [0, 0.05) is 18.7 Å². The van der Waals surface area contributed by atoms with Crippen LogP contribution in [-0.4, -0.2) is 21.7 Å². The lowest BCUT2D eigenvalue weighted by Crippen LogP contribution is -2.20. The summed E-state index contributed by atoms with van der Waals surface area (Å²) in [6, 6.07) is 1.63. The monoisotopic (exact) mass is 249 g/mol. The van der Waals surface area contributed by atoms with Crippen LogP contribution in [0.3, 0.4) is 0 Å². The predicted molar refractivity (Wildman–Crippen MR) is 59.7 cm³/mol. The van der Waals surface area contributed by atoms with Crippen molar-refractivity contribution in [3.05, 3.63) is 27.8 Å². The van der Waals surface area contributed by atoms with E-state index in [1.807, 2.05) is 0 Å². The highest BCUT2D eigenvalue weighted by atomic mass is 35.5. The second-order valence-electron chi connectivity index (χ2n) is 3.01. The van der Waals surface area contributed by atoms with Gasteiger partial charge >= 0.3 is 5.69 Å². The van der Waals surface area contributed by atoms with Gasteiger partial charge in [0.25, 0.3) is 0 Å². The molecular weight excluding hydrogens is 238 g/mol. The van der Waals surface area contributed by atoms with E-state index in [1.54, 1.807) is 0 Å². The van der Waals surface area contributed by atoms with Crippen molar-refractivity contribution in [3.8, 4) is 11.5 Å². The fraction of sp³-hybridized carbons (Fsp3) is 0.250. The van der Waals surface area contributed by atoms with Gasteiger partial charge < -0.3 is 21.7 Å². The van der Waals surface area contributed by atoms with Crippen LogP contribution in [-0.2, 0) is 0 Å². The van der Waals surface area contributed by atoms with Crippen molar-refractivity contribution < 1.29 is 15.1 Å². The zero-order valence-electron chi connectivity index (χ0n) is 8.16. The van der Waals surface area contributed by atoms with Gasteiger partial charge in [0.05, 0.1) is 4.92 Å². The van der Waals surface area contributed by atoms with Crippen LogP contribution < -0.4 is 11.5 Å². The standard InChI is InChI=1S/C8H11N3O4.ClH/c9-3-5(10)4-1-6(11(14)15)8(13)7(12)2-4;/h1-2,5,12-13H,3,9-10H2;1H/t5-;/m1./s1. The lowest BCUT2D eigenvalue weighted by Gasteiger charge is -2.10. The first-order valence-corrected chi connectivity index (χ1v) is 4.13. The molecule has 0 amide bonds. The maximum Gasteiger partial charge on any atom is 0.314 e. The van der Waals surface area contributed by atoms with Gasteiger partial charge in [0.1, 0.15) is 0 Å². The Morgan fingerprint density at radius 1 is 1.44 bits per heavy atom. The topological polar surface area (TPSA) is 136 Å². The predicted octanol–water partition coefficient (Wildman–Crippen LogP) is 0.386. The van der Waals surface area contributed by atoms with Crippen molar-refractivity contribution in [2.45, 2.75) is 6.04 Å². The van der Waals surface area contributed by atoms with E-state index in [9.17, 15) is 20.3 Å². The fourth-order valence-corrected chi connectivity index (χ4v) is 1.11. The molecule has 16 heavy (non-hydrogen) atoms. The molecule has 1 aromatic carbocycles. The number of phenols is 2. The third kappa shape index (κ3) is 2.72. The van der Waals surface area contributed by atoms with E-state index in [2.05, 4.69) is 0 Å². The van der Waals surface area contributed by atoms with Crippen LogP contribution in [0.25, 0.3) is 0 Å². The van der Waals surface area contributed by atoms with Gasteiger partial charge in [0.2, 0.25) is 5.75 Å². The van der Waals surface area contributed by atoms with Crippen molar-refractivity contribution >= 4 is 18.1 Å². The number of halogens is 1. The molecule has 0 fully saturated rings. The van der Waals surface area contributed by atoms with Crippen LogP contribution >= 0.6 is 12.4 Å². The first kappa shape index (κ1) is 14.4. The molecule has 1 aromatic rings. The van der Waals surface area contributed by atoms with E-state index in [0.717, 1.165) is 12.1 Å². The number of benzene rings is 1. The van der Waals surface area contributed by atoms with Gasteiger partial charge in [-0.15, -0.1) is 12.4 Å². The second-order valence-corrected chi connectivity index (χ2v) is 3.01. The smallest absolute Gasteiger partial charge is 0.314 e. The highest BCUT2D eigenvalue weighted by Crippen LogP contribution is 2.37. The molecule has 0 heterocycles. The number of rotatable bonds is 3. The minimum Gasteiger partial charge on any atom is -0.504 e. The highest BCUT2D eigenvalue weighted by Gasteiger charge is 2.20. The molecule has 7 nitrogen and oxygen atoms in total. The summed E-state index contributed by atoms with van der Waals surface area (Å²) < 4.78 is 0. The Labute approximate surface area is 97.2 Å². The van der Waals surface area contributed by atoms with Crippen LogP contribution in [0.5, 0.6) is 11.5 Å². The summed E-state index contributed by atoms with van der Waals surface area (Å²) in [6.45, 7) is 0.0847. The van der Waals surface area contributed by atoms with Crippen molar-refractivity contribution in [1.29, 1.82) is 0 Å². The summed E-state index contributed by atoms with van der Waals surface area (Å²) in [7, 11) is 0. The molecule has 8 heteroatoms. The maximum absolute atomic E-state index is 10.5. The van der Waals surface area contributed by atoms with Crippen molar-refractivity contribution in [2.24, 2.45) is 11.5 Å². The lowest BCUT2D eigenvalue weighted by molar-refractivity contribution is -0.386. The quantitative estimate of drug-likeness (QED) is 0.347. The average molecular weight is 250 g/mol. The molecule has 6 N–H and O–H groups in total. The summed E-state index contributed by atoms with van der Waals surface area (Å²) in [5, 5.41) is 28.9. The first-order valence-electron chi connectivity index (χ1n) is 4.13. The van der Waals surface area contributed by atoms with Crippen LogP contribution in [0.4, 0.5) is 5.69 Å². The third-order valence-electron chi connectivity index (χ3n) is 1.97. The number of nitrogens with two attached hydrogens (primary N) is 2. The summed E-state index contributed by atoms with van der Waals surface area (Å²) in [5.41, 5.74) is 10.5. The van der Waals surface area contributed by atoms with E-state index in [0.29, 0.717) is 5.56 Å². The Kier molecular flexibility index (Phi) is 4.96. The molecule has 90 valence electrons. The van der Waals surface area contributed by atoms with Crippen LogP contribution in [0.1, 0.15) is 11.6 Å². The van der Waals surface area contributed by atoms with E-state index in [4.69, 9.17) is 11.5 Å². The molecule has 0 aliphatic carbocycles. The Hall–Kier alpha value is -1.57. The molecule has 1 atom stereocenters. The lowest BCUT2D eigenvalue weighted by atomic mass is 10.1. The zero-order valence-corrected chi connectivity index (χ0v) is 8.98. The van der Waals surface area contributed by atoms with E-state index < -0.39 is 28.2 Å². The van der Waals surface area contributed by atoms with Gasteiger partial charge in [0.15, 0.2) is 5.75 Å². The Bertz CT molecular complexity index is 399. The summed E-state index contributed by atoms with van der Waals surface area (Å²) in [5.74, 6) is -1.35. The molecule has 0 saturated carbocycles. The molecule has 0 radical (unpaired) electrons. The summed E-state index contributed by atoms with van der Waals surface area (Å²) in [6.07, 6.45) is 0. The van der Waals surface area contributed by atoms with Crippen molar-refractivity contribution in [2.75, 3.05) is 6.54 Å². The van der Waals surface area contributed by atoms with Crippen LogP contribution in [0.2, 0.25) is 0 Å². The van der Waals surface area contributed by atoms with E-state index in [-0.39, 0.29) is 19.0 Å². The highest BCUT2D eigenvalue weighted by molar-refractivity contribution is 5.85. The Balaban J connectivity index is 0.00000225. The van der Waals surface area contributed by atoms with Gasteiger partial charge in [-0.05, 0) is 11.6 Å². The molecule has 1 rings (SSSR count). The molecule has 0 aliphatic rings. The maximum atomic E-state index is 10.5. The van der Waals surface area contributed by atoms with Gasteiger partial charge in [-0.1, -0.05) is 0 Å². The summed E-state index contributed by atoms with van der Waals surface area (Å²) in [4.78, 5) is 9.70. The van der Waals surface area contributed by atoms with Crippen LogP contribution in [0, 0.1) is 10.1 Å². The molecule has 0 unspecified atom stereocenters.